The number of anilines is 1. The molecule has 6 heteroatoms. The summed E-state index contributed by atoms with van der Waals surface area (Å²) < 4.78 is 6.87. The van der Waals surface area contributed by atoms with Crippen LogP contribution in [0, 0.1) is 0 Å². The van der Waals surface area contributed by atoms with Gasteiger partial charge in [-0.3, -0.25) is 9.69 Å². The third kappa shape index (κ3) is 5.09. The Morgan fingerprint density at radius 3 is 2.75 bits per heavy atom. The Bertz CT molecular complexity index is 890. The van der Waals surface area contributed by atoms with Gasteiger partial charge in [0.15, 0.2) is 5.13 Å². The lowest BCUT2D eigenvalue weighted by Gasteiger charge is -2.21. The predicted octanol–water partition coefficient (Wildman–Crippen LogP) is 3.27. The van der Waals surface area contributed by atoms with Crippen molar-refractivity contribution in [3.63, 3.8) is 0 Å². The van der Waals surface area contributed by atoms with E-state index in [9.17, 15) is 4.79 Å². The number of benzene rings is 2. The summed E-state index contributed by atoms with van der Waals surface area (Å²) in [6.45, 7) is 4.25. The highest BCUT2D eigenvalue weighted by atomic mass is 32.1. The monoisotopic (exact) mass is 398 g/mol. The Balaban J connectivity index is 1.87. The van der Waals surface area contributed by atoms with Gasteiger partial charge in [-0.05, 0) is 36.8 Å². The molecular weight excluding hydrogens is 370 g/mol. The number of carbonyl (C=O) groups excluding carboxylic acids is 1. The SMILES string of the molecule is CCCCOc1cccc(C(=O)N(CC[NH+](C)C)c2nc3ccccc3s2)c1. The van der Waals surface area contributed by atoms with Crippen molar-refractivity contribution in [3.05, 3.63) is 54.1 Å². The van der Waals surface area contributed by atoms with Gasteiger partial charge in [0.2, 0.25) is 0 Å². The number of ether oxygens (including phenoxy) is 1. The molecule has 1 aromatic heterocycles. The first-order chi connectivity index (χ1) is 13.6. The van der Waals surface area contributed by atoms with Crippen molar-refractivity contribution in [3.8, 4) is 5.75 Å². The first-order valence-corrected chi connectivity index (χ1v) is 10.6. The predicted molar refractivity (Wildman–Crippen MR) is 116 cm³/mol. The minimum absolute atomic E-state index is 0.0405. The van der Waals surface area contributed by atoms with Crippen LogP contribution in [-0.2, 0) is 0 Å². The van der Waals surface area contributed by atoms with Crippen LogP contribution in [0.5, 0.6) is 5.75 Å². The Morgan fingerprint density at radius 2 is 2.00 bits per heavy atom. The van der Waals surface area contributed by atoms with Crippen LogP contribution in [0.25, 0.3) is 10.2 Å². The fraction of sp³-hybridized carbons (Fsp3) is 0.364. The molecule has 0 saturated carbocycles. The highest BCUT2D eigenvalue weighted by Crippen LogP contribution is 2.29. The second-order valence-corrected chi connectivity index (χ2v) is 8.12. The third-order valence-electron chi connectivity index (χ3n) is 4.44. The molecule has 0 radical (unpaired) electrons. The van der Waals surface area contributed by atoms with Crippen molar-refractivity contribution in [1.29, 1.82) is 0 Å². The fourth-order valence-electron chi connectivity index (χ4n) is 2.80. The topological polar surface area (TPSA) is 46.9 Å². The Hall–Kier alpha value is -2.44. The lowest BCUT2D eigenvalue weighted by atomic mass is 10.2. The summed E-state index contributed by atoms with van der Waals surface area (Å²) in [5.41, 5.74) is 1.55. The highest BCUT2D eigenvalue weighted by Gasteiger charge is 2.22. The van der Waals surface area contributed by atoms with Gasteiger partial charge >= 0.3 is 0 Å². The molecule has 3 aromatic rings. The molecule has 0 fully saturated rings. The van der Waals surface area contributed by atoms with E-state index in [2.05, 4.69) is 21.0 Å². The number of unbranched alkanes of at least 4 members (excludes halogenated alkanes) is 1. The van der Waals surface area contributed by atoms with E-state index in [0.29, 0.717) is 18.7 Å². The second kappa shape index (κ2) is 9.66. The molecule has 0 unspecified atom stereocenters. The van der Waals surface area contributed by atoms with E-state index < -0.39 is 0 Å². The van der Waals surface area contributed by atoms with Gasteiger partial charge in [0.25, 0.3) is 5.91 Å². The molecule has 5 nitrogen and oxygen atoms in total. The molecule has 0 atom stereocenters. The Kier molecular flexibility index (Phi) is 7.01. The number of rotatable bonds is 9. The summed E-state index contributed by atoms with van der Waals surface area (Å²) >= 11 is 1.55. The zero-order valence-electron chi connectivity index (χ0n) is 16.8. The molecule has 0 aliphatic carbocycles. The summed E-state index contributed by atoms with van der Waals surface area (Å²) in [6, 6.07) is 15.5. The number of likely N-dealkylation sites (N-methyl/N-ethyl adjacent to an activating group) is 1. The van der Waals surface area contributed by atoms with Gasteiger partial charge in [0, 0.05) is 5.56 Å². The minimum Gasteiger partial charge on any atom is -0.494 e. The molecular formula is C22H28N3O2S+. The number of hydrogen-bond acceptors (Lipinski definition) is 4. The first kappa shape index (κ1) is 20.3. The second-order valence-electron chi connectivity index (χ2n) is 7.11. The molecule has 0 aliphatic heterocycles. The number of carbonyl (C=O) groups is 1. The van der Waals surface area contributed by atoms with Crippen molar-refractivity contribution >= 4 is 32.6 Å². The number of hydrogen-bond donors (Lipinski definition) is 1. The average Bonchev–Trinajstić information content (AvgIpc) is 3.12. The van der Waals surface area contributed by atoms with Crippen molar-refractivity contribution in [2.24, 2.45) is 0 Å². The Morgan fingerprint density at radius 1 is 1.18 bits per heavy atom. The van der Waals surface area contributed by atoms with Crippen molar-refractivity contribution in [2.45, 2.75) is 19.8 Å². The van der Waals surface area contributed by atoms with Crippen LogP contribution in [0.2, 0.25) is 0 Å². The van der Waals surface area contributed by atoms with E-state index in [1.165, 1.54) is 4.90 Å². The van der Waals surface area contributed by atoms with Gasteiger partial charge < -0.3 is 9.64 Å². The van der Waals surface area contributed by atoms with Gasteiger partial charge in [-0.2, -0.15) is 0 Å². The van der Waals surface area contributed by atoms with Crippen LogP contribution < -0.4 is 14.5 Å². The molecule has 1 amide bonds. The zero-order valence-corrected chi connectivity index (χ0v) is 17.6. The largest absolute Gasteiger partial charge is 0.494 e. The normalized spacial score (nSPS) is 11.1. The number of nitrogens with one attached hydrogen (secondary N) is 1. The van der Waals surface area contributed by atoms with Gasteiger partial charge in [0.05, 0.1) is 44.0 Å². The molecule has 0 spiro atoms. The number of para-hydroxylation sites is 1. The maximum Gasteiger partial charge on any atom is 0.260 e. The number of fused-ring (bicyclic) bond motifs is 1. The summed E-state index contributed by atoms with van der Waals surface area (Å²) in [5, 5.41) is 0.741. The fourth-order valence-corrected chi connectivity index (χ4v) is 3.79. The maximum absolute atomic E-state index is 13.3. The van der Waals surface area contributed by atoms with Gasteiger partial charge in [-0.15, -0.1) is 0 Å². The average molecular weight is 399 g/mol. The lowest BCUT2D eigenvalue weighted by molar-refractivity contribution is -0.856. The molecule has 1 heterocycles. The van der Waals surface area contributed by atoms with Gasteiger partial charge in [-0.1, -0.05) is 42.9 Å². The standard InChI is InChI=1S/C22H27N3O2S/c1-4-5-15-27-18-10-8-9-17(16-18)21(26)25(14-13-24(2)3)22-23-19-11-6-7-12-20(19)28-22/h6-12,16H,4-5,13-15H2,1-3H3/p+1. The molecule has 28 heavy (non-hydrogen) atoms. The zero-order chi connectivity index (χ0) is 19.9. The van der Waals surface area contributed by atoms with E-state index in [4.69, 9.17) is 9.72 Å². The van der Waals surface area contributed by atoms with Gasteiger partial charge in [-0.25, -0.2) is 4.98 Å². The quantitative estimate of drug-likeness (QED) is 0.563. The molecule has 0 saturated heterocycles. The Labute approximate surface area is 170 Å². The number of amides is 1. The number of aromatic nitrogens is 1. The van der Waals surface area contributed by atoms with Gasteiger partial charge in [0.1, 0.15) is 5.75 Å². The number of thiazole rings is 1. The van der Waals surface area contributed by atoms with Crippen molar-refractivity contribution < 1.29 is 14.4 Å². The summed E-state index contributed by atoms with van der Waals surface area (Å²) in [6.07, 6.45) is 2.08. The van der Waals surface area contributed by atoms with Crippen molar-refractivity contribution in [1.82, 2.24) is 4.98 Å². The van der Waals surface area contributed by atoms with Crippen LogP contribution in [0.3, 0.4) is 0 Å². The highest BCUT2D eigenvalue weighted by molar-refractivity contribution is 7.22. The van der Waals surface area contributed by atoms with Crippen LogP contribution in [0.1, 0.15) is 30.1 Å². The van der Waals surface area contributed by atoms with Crippen molar-refractivity contribution in [2.75, 3.05) is 38.7 Å². The van der Waals surface area contributed by atoms with E-state index in [-0.39, 0.29) is 5.91 Å². The first-order valence-electron chi connectivity index (χ1n) is 9.78. The van der Waals surface area contributed by atoms with E-state index in [1.807, 2.05) is 48.5 Å². The molecule has 148 valence electrons. The minimum atomic E-state index is -0.0405. The summed E-state index contributed by atoms with van der Waals surface area (Å²) in [7, 11) is 4.17. The van der Waals surface area contributed by atoms with Crippen LogP contribution in [0.4, 0.5) is 5.13 Å². The molecule has 0 bridgehead atoms. The van der Waals surface area contributed by atoms with Crippen LogP contribution in [-0.4, -0.2) is 44.7 Å². The molecule has 3 rings (SSSR count). The summed E-state index contributed by atoms with van der Waals surface area (Å²) in [4.78, 5) is 21.1. The maximum atomic E-state index is 13.3. The lowest BCUT2D eigenvalue weighted by Crippen LogP contribution is -3.06. The molecule has 1 N–H and O–H groups in total. The van der Waals surface area contributed by atoms with E-state index in [0.717, 1.165) is 40.5 Å². The van der Waals surface area contributed by atoms with E-state index >= 15 is 0 Å². The molecule has 0 aliphatic rings. The van der Waals surface area contributed by atoms with E-state index in [1.54, 1.807) is 16.2 Å². The number of quaternary nitrogens is 1. The smallest absolute Gasteiger partial charge is 0.260 e. The number of nitrogens with zero attached hydrogens (tertiary/aromatic N) is 2. The summed E-state index contributed by atoms with van der Waals surface area (Å²) in [5.74, 6) is 0.697. The van der Waals surface area contributed by atoms with Crippen LogP contribution >= 0.6 is 11.3 Å². The van der Waals surface area contributed by atoms with Crippen LogP contribution in [0.15, 0.2) is 48.5 Å². The molecule has 2 aromatic carbocycles. The third-order valence-corrected chi connectivity index (χ3v) is 5.50.